The summed E-state index contributed by atoms with van der Waals surface area (Å²) in [7, 11) is 0. The fourth-order valence-corrected chi connectivity index (χ4v) is 2.47. The maximum Gasteiger partial charge on any atom is 0.221 e. The van der Waals surface area contributed by atoms with Crippen molar-refractivity contribution in [1.82, 2.24) is 0 Å². The van der Waals surface area contributed by atoms with E-state index in [1.54, 1.807) is 11.3 Å². The van der Waals surface area contributed by atoms with Crippen molar-refractivity contribution < 1.29 is 4.79 Å². The highest BCUT2D eigenvalue weighted by atomic mass is 32.1. The van der Waals surface area contributed by atoms with Gasteiger partial charge >= 0.3 is 0 Å². The highest BCUT2D eigenvalue weighted by molar-refractivity contribution is 7.18. The van der Waals surface area contributed by atoms with Gasteiger partial charge < -0.3 is 5.32 Å². The number of carbonyl (C=O) groups excluding carboxylic acids is 1. The lowest BCUT2D eigenvalue weighted by molar-refractivity contribution is -0.114. The molecular formula is C11H11NOS. The van der Waals surface area contributed by atoms with E-state index in [0.717, 1.165) is 11.1 Å². The monoisotopic (exact) mass is 205 g/mol. The van der Waals surface area contributed by atoms with Gasteiger partial charge in [0.25, 0.3) is 0 Å². The van der Waals surface area contributed by atoms with Gasteiger partial charge in [-0.05, 0) is 12.5 Å². The summed E-state index contributed by atoms with van der Waals surface area (Å²) < 4.78 is 1.25. The molecule has 0 radical (unpaired) electrons. The van der Waals surface area contributed by atoms with E-state index in [2.05, 4.69) is 18.3 Å². The van der Waals surface area contributed by atoms with Gasteiger partial charge in [0, 0.05) is 22.4 Å². The predicted molar refractivity (Wildman–Crippen MR) is 60.9 cm³/mol. The van der Waals surface area contributed by atoms with Crippen LogP contribution in [0.5, 0.6) is 0 Å². The number of carbonyl (C=O) groups is 1. The number of hydrogen-bond acceptors (Lipinski definition) is 2. The molecule has 1 N–H and O–H groups in total. The summed E-state index contributed by atoms with van der Waals surface area (Å²) in [5.74, 6) is -0.0220. The Balaban J connectivity index is 2.58. The van der Waals surface area contributed by atoms with Gasteiger partial charge in [-0.3, -0.25) is 4.79 Å². The molecule has 0 bridgehead atoms. The maximum absolute atomic E-state index is 10.9. The molecule has 1 amide bonds. The van der Waals surface area contributed by atoms with E-state index in [1.807, 2.05) is 17.5 Å². The zero-order valence-corrected chi connectivity index (χ0v) is 8.94. The van der Waals surface area contributed by atoms with Crippen LogP contribution in [0.2, 0.25) is 0 Å². The van der Waals surface area contributed by atoms with Crippen molar-refractivity contribution in [3.05, 3.63) is 29.1 Å². The van der Waals surface area contributed by atoms with Crippen molar-refractivity contribution >= 4 is 33.0 Å². The average Bonchev–Trinajstić information content (AvgIpc) is 2.49. The van der Waals surface area contributed by atoms with E-state index in [9.17, 15) is 4.79 Å². The van der Waals surface area contributed by atoms with Gasteiger partial charge in [-0.1, -0.05) is 18.2 Å². The Morgan fingerprint density at radius 2 is 2.21 bits per heavy atom. The summed E-state index contributed by atoms with van der Waals surface area (Å²) in [5, 5.41) is 5.94. The number of fused-ring (bicyclic) bond motifs is 1. The van der Waals surface area contributed by atoms with Crippen LogP contribution in [-0.4, -0.2) is 5.91 Å². The molecule has 0 aliphatic carbocycles. The minimum absolute atomic E-state index is 0.0220. The first-order valence-corrected chi connectivity index (χ1v) is 5.31. The van der Waals surface area contributed by atoms with E-state index in [-0.39, 0.29) is 5.91 Å². The molecule has 1 heterocycles. The minimum Gasteiger partial charge on any atom is -0.325 e. The first-order valence-electron chi connectivity index (χ1n) is 4.43. The van der Waals surface area contributed by atoms with Gasteiger partial charge in [-0.15, -0.1) is 11.3 Å². The lowest BCUT2D eigenvalue weighted by atomic mass is 10.2. The first kappa shape index (κ1) is 9.21. The molecule has 1 aromatic heterocycles. The van der Waals surface area contributed by atoms with Gasteiger partial charge in [0.1, 0.15) is 0 Å². The standard InChI is InChI=1S/C11H11NOS/c1-7-4-3-5-9-10(12-8(2)13)6-14-11(7)9/h3-6H,1-2H3,(H,12,13). The first-order chi connectivity index (χ1) is 6.68. The number of hydrogen-bond donors (Lipinski definition) is 1. The van der Waals surface area contributed by atoms with Crippen molar-refractivity contribution in [1.29, 1.82) is 0 Å². The molecule has 2 aromatic rings. The molecule has 0 aliphatic rings. The van der Waals surface area contributed by atoms with E-state index in [1.165, 1.54) is 17.2 Å². The van der Waals surface area contributed by atoms with Gasteiger partial charge in [-0.2, -0.15) is 0 Å². The summed E-state index contributed by atoms with van der Waals surface area (Å²) in [4.78, 5) is 10.9. The fraction of sp³-hybridized carbons (Fsp3) is 0.182. The normalized spacial score (nSPS) is 10.4. The van der Waals surface area contributed by atoms with E-state index >= 15 is 0 Å². The van der Waals surface area contributed by atoms with Crippen LogP contribution in [0.1, 0.15) is 12.5 Å². The Morgan fingerprint density at radius 1 is 1.43 bits per heavy atom. The molecule has 0 saturated heterocycles. The third-order valence-corrected chi connectivity index (χ3v) is 3.24. The Bertz CT molecular complexity index is 487. The van der Waals surface area contributed by atoms with Crippen molar-refractivity contribution in [2.24, 2.45) is 0 Å². The number of amides is 1. The van der Waals surface area contributed by atoms with Gasteiger partial charge in [0.2, 0.25) is 5.91 Å². The highest BCUT2D eigenvalue weighted by Crippen LogP contribution is 2.32. The molecule has 0 atom stereocenters. The van der Waals surface area contributed by atoms with Crippen LogP contribution < -0.4 is 5.32 Å². The highest BCUT2D eigenvalue weighted by Gasteiger charge is 2.05. The third kappa shape index (κ3) is 1.51. The van der Waals surface area contributed by atoms with Gasteiger partial charge in [0.05, 0.1) is 5.69 Å². The Hall–Kier alpha value is -1.35. The van der Waals surface area contributed by atoms with Crippen LogP contribution in [0.4, 0.5) is 5.69 Å². The summed E-state index contributed by atoms with van der Waals surface area (Å²) in [6.07, 6.45) is 0. The number of anilines is 1. The SMILES string of the molecule is CC(=O)Nc1csc2c(C)cccc12. The zero-order chi connectivity index (χ0) is 10.1. The summed E-state index contributed by atoms with van der Waals surface area (Å²) in [6.45, 7) is 3.61. The van der Waals surface area contributed by atoms with Crippen LogP contribution in [0.3, 0.4) is 0 Å². The van der Waals surface area contributed by atoms with Crippen LogP contribution >= 0.6 is 11.3 Å². The molecule has 72 valence electrons. The Kier molecular flexibility index (Phi) is 2.25. The lowest BCUT2D eigenvalue weighted by Crippen LogP contribution is -2.04. The van der Waals surface area contributed by atoms with E-state index in [0.29, 0.717) is 0 Å². The molecule has 0 aliphatic heterocycles. The number of aryl methyl sites for hydroxylation is 1. The maximum atomic E-state index is 10.9. The van der Waals surface area contributed by atoms with Crippen LogP contribution in [0.25, 0.3) is 10.1 Å². The molecule has 2 nitrogen and oxygen atoms in total. The average molecular weight is 205 g/mol. The van der Waals surface area contributed by atoms with Crippen LogP contribution in [0.15, 0.2) is 23.6 Å². The quantitative estimate of drug-likeness (QED) is 0.761. The third-order valence-electron chi connectivity index (χ3n) is 2.11. The lowest BCUT2D eigenvalue weighted by Gasteiger charge is -1.99. The van der Waals surface area contributed by atoms with Crippen molar-refractivity contribution in [3.8, 4) is 0 Å². The molecule has 0 spiro atoms. The predicted octanol–water partition coefficient (Wildman–Crippen LogP) is 3.17. The van der Waals surface area contributed by atoms with Gasteiger partial charge in [0.15, 0.2) is 0 Å². The molecule has 1 aromatic carbocycles. The second-order valence-corrected chi connectivity index (χ2v) is 4.16. The molecule has 0 unspecified atom stereocenters. The van der Waals surface area contributed by atoms with Gasteiger partial charge in [-0.25, -0.2) is 0 Å². The largest absolute Gasteiger partial charge is 0.325 e. The number of nitrogens with one attached hydrogen (secondary N) is 1. The second-order valence-electron chi connectivity index (χ2n) is 3.28. The molecule has 14 heavy (non-hydrogen) atoms. The fourth-order valence-electron chi connectivity index (χ4n) is 1.49. The summed E-state index contributed by atoms with van der Waals surface area (Å²) in [6, 6.07) is 6.12. The topological polar surface area (TPSA) is 29.1 Å². The minimum atomic E-state index is -0.0220. The number of thiophene rings is 1. The zero-order valence-electron chi connectivity index (χ0n) is 8.13. The number of benzene rings is 1. The van der Waals surface area contributed by atoms with E-state index in [4.69, 9.17) is 0 Å². The molecular weight excluding hydrogens is 194 g/mol. The Labute approximate surface area is 86.6 Å². The van der Waals surface area contributed by atoms with E-state index < -0.39 is 0 Å². The Morgan fingerprint density at radius 3 is 2.93 bits per heavy atom. The van der Waals surface area contributed by atoms with Crippen LogP contribution in [-0.2, 0) is 4.79 Å². The summed E-state index contributed by atoms with van der Waals surface area (Å²) >= 11 is 1.67. The van der Waals surface area contributed by atoms with Crippen molar-refractivity contribution in [3.63, 3.8) is 0 Å². The smallest absolute Gasteiger partial charge is 0.221 e. The molecule has 3 heteroatoms. The molecule has 0 fully saturated rings. The molecule has 0 saturated carbocycles. The van der Waals surface area contributed by atoms with Crippen LogP contribution in [0, 0.1) is 6.92 Å². The second kappa shape index (κ2) is 3.42. The molecule has 2 rings (SSSR count). The van der Waals surface area contributed by atoms with Crippen molar-refractivity contribution in [2.45, 2.75) is 13.8 Å². The summed E-state index contributed by atoms with van der Waals surface area (Å²) in [5.41, 5.74) is 2.17. The van der Waals surface area contributed by atoms with Crippen molar-refractivity contribution in [2.75, 3.05) is 5.32 Å². The number of rotatable bonds is 1.